The van der Waals surface area contributed by atoms with Crippen LogP contribution in [0, 0.1) is 18.6 Å². The number of carbonyl (C=O) groups excluding carboxylic acids is 1. The van der Waals surface area contributed by atoms with Crippen LogP contribution in [0.15, 0.2) is 30.6 Å². The fraction of sp³-hybridized carbons (Fsp3) is 0.222. The van der Waals surface area contributed by atoms with Gasteiger partial charge in [-0.2, -0.15) is 0 Å². The largest absolute Gasteiger partial charge is 0.465 e. The number of nitrogens with one attached hydrogen (secondary N) is 1. The summed E-state index contributed by atoms with van der Waals surface area (Å²) in [4.78, 5) is 16.2. The van der Waals surface area contributed by atoms with Gasteiger partial charge in [0.05, 0.1) is 18.5 Å². The summed E-state index contributed by atoms with van der Waals surface area (Å²) < 4.78 is 35.4. The van der Waals surface area contributed by atoms with Crippen molar-refractivity contribution in [2.75, 3.05) is 12.4 Å². The lowest BCUT2D eigenvalue weighted by molar-refractivity contribution is 0.0601. The first-order valence-corrected chi connectivity index (χ1v) is 7.76. The van der Waals surface area contributed by atoms with Crippen molar-refractivity contribution in [3.63, 3.8) is 0 Å². The molecule has 2 aromatic heterocycles. The zero-order valence-electron chi connectivity index (χ0n) is 14.1. The Kier molecular flexibility index (Phi) is 4.39. The topological polar surface area (TPSA) is 55.6 Å². The van der Waals surface area contributed by atoms with Gasteiger partial charge in [-0.15, -0.1) is 0 Å². The highest BCUT2D eigenvalue weighted by Crippen LogP contribution is 2.30. The molecule has 0 atom stereocenters. The summed E-state index contributed by atoms with van der Waals surface area (Å²) in [5, 5.41) is 2.67. The molecule has 0 saturated heterocycles. The predicted molar refractivity (Wildman–Crippen MR) is 90.3 cm³/mol. The highest BCUT2D eigenvalue weighted by molar-refractivity contribution is 5.97. The standard InChI is InChI=1S/C18H17F2N3O2/c1-4-11-8-21-17-15(20)16(12(9-23(11)17)18(24)25-3)22-14-6-5-10(2)7-13(14)19/h5-9,22H,4H2,1-3H3. The van der Waals surface area contributed by atoms with E-state index in [9.17, 15) is 13.6 Å². The molecule has 2 heterocycles. The maximum atomic E-state index is 15.0. The Labute approximate surface area is 143 Å². The summed E-state index contributed by atoms with van der Waals surface area (Å²) in [5.74, 6) is -2.03. The van der Waals surface area contributed by atoms with Gasteiger partial charge in [0.25, 0.3) is 0 Å². The molecule has 5 nitrogen and oxygen atoms in total. The summed E-state index contributed by atoms with van der Waals surface area (Å²) >= 11 is 0. The quantitative estimate of drug-likeness (QED) is 0.726. The minimum atomic E-state index is -0.748. The summed E-state index contributed by atoms with van der Waals surface area (Å²) in [7, 11) is 1.20. The molecule has 0 aliphatic rings. The van der Waals surface area contributed by atoms with Crippen molar-refractivity contribution < 1.29 is 18.3 Å². The number of hydrogen-bond donors (Lipinski definition) is 1. The number of hydrogen-bond acceptors (Lipinski definition) is 4. The monoisotopic (exact) mass is 345 g/mol. The molecule has 0 spiro atoms. The molecule has 25 heavy (non-hydrogen) atoms. The molecule has 130 valence electrons. The highest BCUT2D eigenvalue weighted by atomic mass is 19.1. The zero-order chi connectivity index (χ0) is 18.1. The maximum absolute atomic E-state index is 15.0. The van der Waals surface area contributed by atoms with Gasteiger partial charge in [0, 0.05) is 18.1 Å². The van der Waals surface area contributed by atoms with E-state index in [0.717, 1.165) is 11.3 Å². The van der Waals surface area contributed by atoms with Crippen molar-refractivity contribution in [2.45, 2.75) is 20.3 Å². The Morgan fingerprint density at radius 1 is 1.36 bits per heavy atom. The number of anilines is 2. The molecule has 3 rings (SSSR count). The Balaban J connectivity index is 2.21. The SMILES string of the molecule is CCc1cnc2c(F)c(Nc3ccc(C)cc3F)c(C(=O)OC)cn12. The van der Waals surface area contributed by atoms with Crippen LogP contribution >= 0.6 is 0 Å². The number of benzene rings is 1. The first-order valence-electron chi connectivity index (χ1n) is 7.76. The Hall–Kier alpha value is -2.96. The molecule has 0 radical (unpaired) electrons. The fourth-order valence-electron chi connectivity index (χ4n) is 2.63. The van der Waals surface area contributed by atoms with Gasteiger partial charge in [-0.05, 0) is 31.0 Å². The molecule has 0 fully saturated rings. The van der Waals surface area contributed by atoms with Gasteiger partial charge in [-0.25, -0.2) is 18.6 Å². The summed E-state index contributed by atoms with van der Waals surface area (Å²) in [6.07, 6.45) is 3.60. The minimum Gasteiger partial charge on any atom is -0.465 e. The lowest BCUT2D eigenvalue weighted by atomic mass is 10.1. The lowest BCUT2D eigenvalue weighted by Gasteiger charge is -2.14. The summed E-state index contributed by atoms with van der Waals surface area (Å²) in [6, 6.07) is 4.49. The third kappa shape index (κ3) is 2.93. The molecule has 0 amide bonds. The number of nitrogens with zero attached hydrogens (tertiary/aromatic N) is 2. The van der Waals surface area contributed by atoms with Crippen molar-refractivity contribution in [2.24, 2.45) is 0 Å². The number of carbonyl (C=O) groups is 1. The second kappa shape index (κ2) is 6.51. The smallest absolute Gasteiger partial charge is 0.341 e. The molecule has 1 aromatic carbocycles. The molecule has 0 bridgehead atoms. The number of methoxy groups -OCH3 is 1. The molecule has 3 aromatic rings. The summed E-state index contributed by atoms with van der Waals surface area (Å²) in [6.45, 7) is 3.64. The van der Waals surface area contributed by atoms with Crippen LogP contribution in [-0.2, 0) is 11.2 Å². The average Bonchev–Trinajstić information content (AvgIpc) is 3.01. The van der Waals surface area contributed by atoms with Crippen LogP contribution in [0.25, 0.3) is 5.65 Å². The van der Waals surface area contributed by atoms with Crippen LogP contribution in [0.5, 0.6) is 0 Å². The van der Waals surface area contributed by atoms with E-state index in [1.54, 1.807) is 13.0 Å². The van der Waals surface area contributed by atoms with E-state index in [-0.39, 0.29) is 22.6 Å². The van der Waals surface area contributed by atoms with E-state index in [1.807, 2.05) is 6.92 Å². The molecule has 0 aliphatic carbocycles. The number of imidazole rings is 1. The number of pyridine rings is 1. The van der Waals surface area contributed by atoms with Gasteiger partial charge >= 0.3 is 5.97 Å². The molecule has 0 unspecified atom stereocenters. The van der Waals surface area contributed by atoms with Gasteiger partial charge in [-0.1, -0.05) is 13.0 Å². The molecule has 1 N–H and O–H groups in total. The summed E-state index contributed by atoms with van der Waals surface area (Å²) in [5.41, 5.74) is 1.37. The van der Waals surface area contributed by atoms with E-state index in [0.29, 0.717) is 6.42 Å². The number of rotatable bonds is 4. The van der Waals surface area contributed by atoms with Crippen molar-refractivity contribution in [1.29, 1.82) is 0 Å². The second-order valence-electron chi connectivity index (χ2n) is 5.63. The van der Waals surface area contributed by atoms with E-state index in [4.69, 9.17) is 4.74 Å². The van der Waals surface area contributed by atoms with Gasteiger partial charge < -0.3 is 14.5 Å². The van der Waals surface area contributed by atoms with Gasteiger partial charge in [0.15, 0.2) is 11.5 Å². The fourth-order valence-corrected chi connectivity index (χ4v) is 2.63. The normalized spacial score (nSPS) is 10.9. The van der Waals surface area contributed by atoms with Gasteiger partial charge in [0.2, 0.25) is 0 Å². The number of halogens is 2. The van der Waals surface area contributed by atoms with E-state index in [1.165, 1.54) is 36.0 Å². The minimum absolute atomic E-state index is 0.0415. The highest BCUT2D eigenvalue weighted by Gasteiger charge is 2.22. The van der Waals surface area contributed by atoms with Crippen LogP contribution < -0.4 is 5.32 Å². The number of aryl methyl sites for hydroxylation is 2. The zero-order valence-corrected chi connectivity index (χ0v) is 14.1. The van der Waals surface area contributed by atoms with Crippen LogP contribution in [0.4, 0.5) is 20.2 Å². The van der Waals surface area contributed by atoms with E-state index < -0.39 is 17.6 Å². The first kappa shape index (κ1) is 16.9. The number of aromatic nitrogens is 2. The Bertz CT molecular complexity index is 967. The van der Waals surface area contributed by atoms with Gasteiger partial charge in [0.1, 0.15) is 11.4 Å². The van der Waals surface area contributed by atoms with Crippen LogP contribution in [-0.4, -0.2) is 22.5 Å². The molecular formula is C18H17F2N3O2. The lowest BCUT2D eigenvalue weighted by Crippen LogP contribution is -2.11. The molecule has 7 heteroatoms. The van der Waals surface area contributed by atoms with Crippen molar-refractivity contribution in [3.05, 3.63) is 59.0 Å². The Morgan fingerprint density at radius 3 is 2.76 bits per heavy atom. The Morgan fingerprint density at radius 2 is 2.12 bits per heavy atom. The van der Waals surface area contributed by atoms with Crippen LogP contribution in [0.2, 0.25) is 0 Å². The number of ether oxygens (including phenoxy) is 1. The number of esters is 1. The molecular weight excluding hydrogens is 328 g/mol. The second-order valence-corrected chi connectivity index (χ2v) is 5.63. The number of fused-ring (bicyclic) bond motifs is 1. The van der Waals surface area contributed by atoms with E-state index in [2.05, 4.69) is 10.3 Å². The molecule has 0 saturated carbocycles. The predicted octanol–water partition coefficient (Wildman–Crippen LogP) is 4.01. The van der Waals surface area contributed by atoms with E-state index >= 15 is 0 Å². The third-order valence-corrected chi connectivity index (χ3v) is 3.97. The van der Waals surface area contributed by atoms with Crippen LogP contribution in [0.3, 0.4) is 0 Å². The van der Waals surface area contributed by atoms with Crippen molar-refractivity contribution in [3.8, 4) is 0 Å². The third-order valence-electron chi connectivity index (χ3n) is 3.97. The first-order chi connectivity index (χ1) is 12.0. The van der Waals surface area contributed by atoms with Gasteiger partial charge in [-0.3, -0.25) is 0 Å². The maximum Gasteiger partial charge on any atom is 0.341 e. The van der Waals surface area contributed by atoms with Crippen LogP contribution in [0.1, 0.15) is 28.5 Å². The van der Waals surface area contributed by atoms with Crippen molar-refractivity contribution >= 4 is 23.0 Å². The average molecular weight is 345 g/mol. The molecule has 0 aliphatic heterocycles. The van der Waals surface area contributed by atoms with Crippen molar-refractivity contribution in [1.82, 2.24) is 9.38 Å².